The van der Waals surface area contributed by atoms with Crippen LogP contribution in [0, 0.1) is 5.41 Å². The maximum absolute atomic E-state index is 13.7. The monoisotopic (exact) mass is 538 g/mol. The summed E-state index contributed by atoms with van der Waals surface area (Å²) in [5.41, 5.74) is 0.323. The number of hydrogen-bond acceptors (Lipinski definition) is 4. The van der Waals surface area contributed by atoms with E-state index >= 15 is 0 Å². The van der Waals surface area contributed by atoms with E-state index in [9.17, 15) is 22.8 Å². The number of anilines is 1. The van der Waals surface area contributed by atoms with E-state index < -0.39 is 18.0 Å². The Morgan fingerprint density at radius 2 is 1.70 bits per heavy atom. The Labute approximate surface area is 221 Å². The van der Waals surface area contributed by atoms with E-state index in [-0.39, 0.29) is 28.6 Å². The van der Waals surface area contributed by atoms with Crippen molar-refractivity contribution in [2.24, 2.45) is 5.41 Å². The molecule has 0 N–H and O–H groups in total. The molecule has 0 radical (unpaired) electrons. The SMILES string of the molecule is CN(C)C(=O)c1ccc(N2CCC(C)(CCCN(C)C(=O)C(c3ccccc3)C(F)(F)F)CC2)nc1Cl. The molecule has 0 aliphatic carbocycles. The molecule has 37 heavy (non-hydrogen) atoms. The predicted octanol–water partition coefficient (Wildman–Crippen LogP) is 5.63. The normalized spacial score (nSPS) is 16.3. The van der Waals surface area contributed by atoms with Gasteiger partial charge in [0.2, 0.25) is 5.91 Å². The van der Waals surface area contributed by atoms with Crippen molar-refractivity contribution in [1.82, 2.24) is 14.8 Å². The molecule has 202 valence electrons. The minimum Gasteiger partial charge on any atom is -0.357 e. The summed E-state index contributed by atoms with van der Waals surface area (Å²) in [4.78, 5) is 34.1. The first-order valence-electron chi connectivity index (χ1n) is 12.3. The maximum Gasteiger partial charge on any atom is 0.404 e. The highest BCUT2D eigenvalue weighted by Crippen LogP contribution is 2.38. The van der Waals surface area contributed by atoms with Gasteiger partial charge in [0.05, 0.1) is 5.56 Å². The zero-order valence-electron chi connectivity index (χ0n) is 21.7. The van der Waals surface area contributed by atoms with Gasteiger partial charge >= 0.3 is 6.18 Å². The van der Waals surface area contributed by atoms with Gasteiger partial charge in [-0.05, 0) is 48.8 Å². The van der Waals surface area contributed by atoms with Crippen LogP contribution in [-0.4, -0.2) is 73.6 Å². The summed E-state index contributed by atoms with van der Waals surface area (Å²) in [6, 6.07) is 10.8. The average Bonchev–Trinajstić information content (AvgIpc) is 2.83. The molecule has 6 nitrogen and oxygen atoms in total. The van der Waals surface area contributed by atoms with E-state index in [1.165, 1.54) is 41.1 Å². The highest BCUT2D eigenvalue weighted by atomic mass is 35.5. The summed E-state index contributed by atoms with van der Waals surface area (Å²) in [6.45, 7) is 3.93. The Balaban J connectivity index is 1.54. The summed E-state index contributed by atoms with van der Waals surface area (Å²) in [7, 11) is 4.75. The number of carbonyl (C=O) groups is 2. The molecular weight excluding hydrogens is 505 g/mol. The molecule has 2 aromatic rings. The second kappa shape index (κ2) is 11.7. The van der Waals surface area contributed by atoms with Gasteiger partial charge in [-0.2, -0.15) is 13.2 Å². The third kappa shape index (κ3) is 7.15. The number of piperidine rings is 1. The van der Waals surface area contributed by atoms with E-state index in [1.54, 1.807) is 32.3 Å². The molecule has 0 bridgehead atoms. The molecule has 1 aromatic heterocycles. The lowest BCUT2D eigenvalue weighted by Gasteiger charge is -2.40. The summed E-state index contributed by atoms with van der Waals surface area (Å²) < 4.78 is 41.1. The van der Waals surface area contributed by atoms with Crippen LogP contribution in [0.4, 0.5) is 19.0 Å². The van der Waals surface area contributed by atoms with Crippen LogP contribution in [0.2, 0.25) is 5.15 Å². The number of rotatable bonds is 8. The van der Waals surface area contributed by atoms with Crippen LogP contribution < -0.4 is 4.90 Å². The van der Waals surface area contributed by atoms with E-state index in [0.717, 1.165) is 32.4 Å². The second-order valence-electron chi connectivity index (χ2n) is 10.3. The van der Waals surface area contributed by atoms with Crippen molar-refractivity contribution >= 4 is 29.2 Å². The van der Waals surface area contributed by atoms with Gasteiger partial charge in [0.1, 0.15) is 11.0 Å². The van der Waals surface area contributed by atoms with E-state index in [2.05, 4.69) is 16.8 Å². The number of benzene rings is 1. The van der Waals surface area contributed by atoms with Gasteiger partial charge in [0, 0.05) is 40.8 Å². The van der Waals surface area contributed by atoms with Crippen LogP contribution in [0.3, 0.4) is 0 Å². The van der Waals surface area contributed by atoms with Crippen molar-refractivity contribution in [1.29, 1.82) is 0 Å². The third-order valence-corrected chi connectivity index (χ3v) is 7.41. The molecule has 3 rings (SSSR count). The van der Waals surface area contributed by atoms with Gasteiger partial charge in [0.15, 0.2) is 5.92 Å². The van der Waals surface area contributed by atoms with E-state index in [0.29, 0.717) is 17.8 Å². The molecule has 1 fully saturated rings. The fourth-order valence-corrected chi connectivity index (χ4v) is 4.95. The number of hydrogen-bond donors (Lipinski definition) is 0. The van der Waals surface area contributed by atoms with Crippen molar-refractivity contribution in [3.8, 4) is 0 Å². The first-order valence-corrected chi connectivity index (χ1v) is 12.7. The Bertz CT molecular complexity index is 1090. The highest BCUT2D eigenvalue weighted by molar-refractivity contribution is 6.32. The number of carbonyl (C=O) groups excluding carboxylic acids is 2. The Kier molecular flexibility index (Phi) is 9.10. The van der Waals surface area contributed by atoms with Crippen LogP contribution in [0.5, 0.6) is 0 Å². The molecule has 2 amide bonds. The number of pyridine rings is 1. The van der Waals surface area contributed by atoms with E-state index in [1.807, 2.05) is 0 Å². The van der Waals surface area contributed by atoms with Gasteiger partial charge in [-0.25, -0.2) is 4.98 Å². The van der Waals surface area contributed by atoms with E-state index in [4.69, 9.17) is 11.6 Å². The fraction of sp³-hybridized carbons (Fsp3) is 0.519. The Hall–Kier alpha value is -2.81. The standard InChI is InChI=1S/C27H34ClF3N4O2/c1-26(13-8-16-34(4)25(37)22(27(29,30)31)19-9-6-5-7-10-19)14-17-35(18-15-26)21-12-11-20(23(28)32-21)24(36)33(2)3/h5-7,9-12,22H,8,13-18H2,1-4H3. The predicted molar refractivity (Wildman–Crippen MR) is 139 cm³/mol. The quantitative estimate of drug-likeness (QED) is 0.409. The van der Waals surface area contributed by atoms with Gasteiger partial charge in [-0.15, -0.1) is 0 Å². The summed E-state index contributed by atoms with van der Waals surface area (Å²) >= 11 is 6.27. The number of nitrogens with zero attached hydrogens (tertiary/aromatic N) is 4. The van der Waals surface area contributed by atoms with Gasteiger partial charge < -0.3 is 14.7 Å². The lowest BCUT2D eigenvalue weighted by atomic mass is 9.76. The van der Waals surface area contributed by atoms with Crippen molar-refractivity contribution in [2.75, 3.05) is 45.7 Å². The van der Waals surface area contributed by atoms with Crippen molar-refractivity contribution in [2.45, 2.75) is 44.7 Å². The highest BCUT2D eigenvalue weighted by Gasteiger charge is 2.47. The number of likely N-dealkylation sites (N-methyl/N-ethyl adjacent to an activating group) is 1. The molecule has 2 heterocycles. The van der Waals surface area contributed by atoms with Crippen LogP contribution in [0.15, 0.2) is 42.5 Å². The van der Waals surface area contributed by atoms with Gasteiger partial charge in [-0.3, -0.25) is 9.59 Å². The topological polar surface area (TPSA) is 56.8 Å². The molecular formula is C27H34ClF3N4O2. The molecule has 10 heteroatoms. The lowest BCUT2D eigenvalue weighted by Crippen LogP contribution is -2.41. The molecule has 1 atom stereocenters. The fourth-order valence-electron chi connectivity index (χ4n) is 4.72. The van der Waals surface area contributed by atoms with Crippen LogP contribution in [0.25, 0.3) is 0 Å². The van der Waals surface area contributed by atoms with Crippen LogP contribution >= 0.6 is 11.6 Å². The smallest absolute Gasteiger partial charge is 0.357 e. The van der Waals surface area contributed by atoms with Crippen LogP contribution in [-0.2, 0) is 4.79 Å². The maximum atomic E-state index is 13.7. The molecule has 1 saturated heterocycles. The van der Waals surface area contributed by atoms with Crippen molar-refractivity contribution in [3.05, 3.63) is 58.7 Å². The average molecular weight is 539 g/mol. The van der Waals surface area contributed by atoms with Crippen LogP contribution in [0.1, 0.15) is 54.4 Å². The first kappa shape index (κ1) is 28.8. The first-order chi connectivity index (χ1) is 17.3. The van der Waals surface area contributed by atoms with Crippen molar-refractivity contribution < 1.29 is 22.8 Å². The molecule has 0 saturated carbocycles. The zero-order chi connectivity index (χ0) is 27.4. The summed E-state index contributed by atoms with van der Waals surface area (Å²) in [5.74, 6) is -2.58. The number of amides is 2. The molecule has 1 aliphatic heterocycles. The molecule has 0 spiro atoms. The Morgan fingerprint density at radius 3 is 2.24 bits per heavy atom. The second-order valence-corrected chi connectivity index (χ2v) is 10.6. The zero-order valence-corrected chi connectivity index (χ0v) is 22.4. The molecule has 1 aliphatic rings. The molecule has 1 aromatic carbocycles. The van der Waals surface area contributed by atoms with Gasteiger partial charge in [0.25, 0.3) is 5.91 Å². The largest absolute Gasteiger partial charge is 0.404 e. The van der Waals surface area contributed by atoms with Crippen molar-refractivity contribution in [3.63, 3.8) is 0 Å². The molecule has 1 unspecified atom stereocenters. The summed E-state index contributed by atoms with van der Waals surface area (Å²) in [6.07, 6.45) is -1.50. The summed E-state index contributed by atoms with van der Waals surface area (Å²) in [5, 5.41) is 0.171. The number of alkyl halides is 3. The number of halogens is 4. The Morgan fingerprint density at radius 1 is 1.08 bits per heavy atom. The minimum atomic E-state index is -4.65. The minimum absolute atomic E-state index is 0.00781. The lowest BCUT2D eigenvalue weighted by molar-refractivity contribution is -0.171. The number of aromatic nitrogens is 1. The third-order valence-electron chi connectivity index (χ3n) is 7.12. The van der Waals surface area contributed by atoms with Gasteiger partial charge in [-0.1, -0.05) is 48.9 Å².